The lowest BCUT2D eigenvalue weighted by atomic mass is 10.1. The second-order valence-electron chi connectivity index (χ2n) is 4.80. The van der Waals surface area contributed by atoms with Crippen LogP contribution in [-0.2, 0) is 10.2 Å². The van der Waals surface area contributed by atoms with E-state index >= 15 is 0 Å². The van der Waals surface area contributed by atoms with Crippen LogP contribution in [0.3, 0.4) is 0 Å². The summed E-state index contributed by atoms with van der Waals surface area (Å²) in [4.78, 5) is 0. The Balaban J connectivity index is 2.03. The molecule has 2 aromatic carbocycles. The third-order valence-electron chi connectivity index (χ3n) is 3.07. The van der Waals surface area contributed by atoms with Crippen LogP contribution in [0.25, 0.3) is 11.1 Å². The molecular formula is C16H20N2O2S. The molecule has 21 heavy (non-hydrogen) atoms. The summed E-state index contributed by atoms with van der Waals surface area (Å²) in [6.07, 6.45) is 1.78. The zero-order valence-electron chi connectivity index (χ0n) is 12.0. The van der Waals surface area contributed by atoms with Crippen LogP contribution in [0.15, 0.2) is 54.6 Å². The van der Waals surface area contributed by atoms with E-state index in [0.29, 0.717) is 12.2 Å². The van der Waals surface area contributed by atoms with Gasteiger partial charge in [0.2, 0.25) is 0 Å². The van der Waals surface area contributed by atoms with Gasteiger partial charge in [0, 0.05) is 12.2 Å². The van der Waals surface area contributed by atoms with E-state index in [1.807, 2.05) is 49.4 Å². The van der Waals surface area contributed by atoms with E-state index in [4.69, 9.17) is 0 Å². The predicted molar refractivity (Wildman–Crippen MR) is 87.3 cm³/mol. The highest BCUT2D eigenvalue weighted by Crippen LogP contribution is 2.21. The van der Waals surface area contributed by atoms with Crippen LogP contribution in [0.1, 0.15) is 19.8 Å². The van der Waals surface area contributed by atoms with E-state index in [0.717, 1.165) is 24.0 Å². The molecule has 0 spiro atoms. The first-order valence-corrected chi connectivity index (χ1v) is 8.52. The largest absolute Gasteiger partial charge is 0.299 e. The molecule has 0 unspecified atom stereocenters. The van der Waals surface area contributed by atoms with Crippen molar-refractivity contribution >= 4 is 15.9 Å². The van der Waals surface area contributed by atoms with E-state index in [-0.39, 0.29) is 0 Å². The summed E-state index contributed by atoms with van der Waals surface area (Å²) in [6, 6.07) is 17.3. The first-order valence-electron chi connectivity index (χ1n) is 7.03. The van der Waals surface area contributed by atoms with Gasteiger partial charge in [-0.25, -0.2) is 0 Å². The Morgan fingerprint density at radius 2 is 1.52 bits per heavy atom. The predicted octanol–water partition coefficient (Wildman–Crippen LogP) is 3.40. The summed E-state index contributed by atoms with van der Waals surface area (Å²) >= 11 is 0. The summed E-state index contributed by atoms with van der Waals surface area (Å²) < 4.78 is 28.6. The van der Waals surface area contributed by atoms with Crippen molar-refractivity contribution in [2.75, 3.05) is 11.3 Å². The molecule has 0 amide bonds. The number of rotatable bonds is 7. The second-order valence-corrected chi connectivity index (χ2v) is 6.30. The minimum absolute atomic E-state index is 0.452. The molecule has 0 saturated carbocycles. The third-order valence-corrected chi connectivity index (χ3v) is 4.16. The van der Waals surface area contributed by atoms with Gasteiger partial charge < -0.3 is 0 Å². The van der Waals surface area contributed by atoms with Gasteiger partial charge in [-0.2, -0.15) is 13.1 Å². The summed E-state index contributed by atoms with van der Waals surface area (Å²) in [7, 11) is -3.48. The Kier molecular flexibility index (Phi) is 5.36. The minimum Gasteiger partial charge on any atom is -0.271 e. The van der Waals surface area contributed by atoms with Crippen molar-refractivity contribution in [2.24, 2.45) is 0 Å². The first-order chi connectivity index (χ1) is 10.1. The normalized spacial score (nSPS) is 11.3. The Morgan fingerprint density at radius 1 is 0.905 bits per heavy atom. The molecule has 2 N–H and O–H groups in total. The van der Waals surface area contributed by atoms with Crippen molar-refractivity contribution in [3.63, 3.8) is 0 Å². The van der Waals surface area contributed by atoms with E-state index in [2.05, 4.69) is 9.44 Å². The van der Waals surface area contributed by atoms with E-state index in [9.17, 15) is 8.42 Å². The monoisotopic (exact) mass is 304 g/mol. The topological polar surface area (TPSA) is 58.2 Å². The maximum absolute atomic E-state index is 11.8. The number of anilines is 1. The van der Waals surface area contributed by atoms with Crippen molar-refractivity contribution < 1.29 is 8.42 Å². The Labute approximate surface area is 126 Å². The molecule has 0 bridgehead atoms. The lowest BCUT2D eigenvalue weighted by Crippen LogP contribution is -2.30. The summed E-state index contributed by atoms with van der Waals surface area (Å²) in [6.45, 7) is 2.47. The molecule has 112 valence electrons. The van der Waals surface area contributed by atoms with Gasteiger partial charge in [0.05, 0.1) is 0 Å². The Hall–Kier alpha value is -1.85. The van der Waals surface area contributed by atoms with Crippen LogP contribution in [0, 0.1) is 0 Å². The maximum Gasteiger partial charge on any atom is 0.299 e. The molecule has 2 aromatic rings. The SMILES string of the molecule is CCCCNS(=O)(=O)Nc1ccc(-c2ccccc2)cc1. The highest BCUT2D eigenvalue weighted by molar-refractivity contribution is 7.90. The van der Waals surface area contributed by atoms with Crippen molar-refractivity contribution in [3.05, 3.63) is 54.6 Å². The molecule has 0 aliphatic carbocycles. The van der Waals surface area contributed by atoms with Crippen LogP contribution in [0.4, 0.5) is 5.69 Å². The molecule has 0 heterocycles. The van der Waals surface area contributed by atoms with Crippen LogP contribution in [0.2, 0.25) is 0 Å². The van der Waals surface area contributed by atoms with Crippen LogP contribution in [0.5, 0.6) is 0 Å². The summed E-state index contributed by atoms with van der Waals surface area (Å²) in [5.74, 6) is 0. The van der Waals surface area contributed by atoms with Gasteiger partial charge in [0.15, 0.2) is 0 Å². The molecule has 0 atom stereocenters. The molecular weight excluding hydrogens is 284 g/mol. The van der Waals surface area contributed by atoms with Gasteiger partial charge in [0.1, 0.15) is 0 Å². The quantitative estimate of drug-likeness (QED) is 0.770. The van der Waals surface area contributed by atoms with E-state index < -0.39 is 10.2 Å². The molecule has 2 rings (SSSR count). The first kappa shape index (κ1) is 15.5. The molecule has 4 nitrogen and oxygen atoms in total. The summed E-state index contributed by atoms with van der Waals surface area (Å²) in [5.41, 5.74) is 2.71. The lowest BCUT2D eigenvalue weighted by molar-refractivity contribution is 0.584. The maximum atomic E-state index is 11.8. The number of nitrogens with one attached hydrogen (secondary N) is 2. The number of hydrogen-bond donors (Lipinski definition) is 2. The van der Waals surface area contributed by atoms with Crippen molar-refractivity contribution in [1.29, 1.82) is 0 Å². The van der Waals surface area contributed by atoms with Crippen LogP contribution in [-0.4, -0.2) is 15.0 Å². The number of benzene rings is 2. The molecule has 0 aliphatic heterocycles. The second kappa shape index (κ2) is 7.24. The highest BCUT2D eigenvalue weighted by atomic mass is 32.2. The molecule has 0 saturated heterocycles. The fourth-order valence-corrected chi connectivity index (χ4v) is 2.87. The Bertz CT molecular complexity index is 652. The Morgan fingerprint density at radius 3 is 2.14 bits per heavy atom. The van der Waals surface area contributed by atoms with Gasteiger partial charge >= 0.3 is 0 Å². The molecule has 0 fully saturated rings. The molecule has 0 radical (unpaired) electrons. The van der Waals surface area contributed by atoms with Crippen molar-refractivity contribution in [1.82, 2.24) is 4.72 Å². The average molecular weight is 304 g/mol. The number of hydrogen-bond acceptors (Lipinski definition) is 2. The fourth-order valence-electron chi connectivity index (χ4n) is 1.94. The van der Waals surface area contributed by atoms with Crippen molar-refractivity contribution in [3.8, 4) is 11.1 Å². The van der Waals surface area contributed by atoms with Gasteiger partial charge in [0.25, 0.3) is 10.2 Å². The third kappa shape index (κ3) is 4.88. The fraction of sp³-hybridized carbons (Fsp3) is 0.250. The lowest BCUT2D eigenvalue weighted by Gasteiger charge is -2.09. The van der Waals surface area contributed by atoms with Gasteiger partial charge in [-0.1, -0.05) is 55.8 Å². The highest BCUT2D eigenvalue weighted by Gasteiger charge is 2.08. The van der Waals surface area contributed by atoms with Gasteiger partial charge in [-0.3, -0.25) is 4.72 Å². The van der Waals surface area contributed by atoms with Crippen molar-refractivity contribution in [2.45, 2.75) is 19.8 Å². The average Bonchev–Trinajstić information content (AvgIpc) is 2.49. The molecule has 0 aliphatic rings. The van der Waals surface area contributed by atoms with E-state index in [1.54, 1.807) is 12.1 Å². The standard InChI is InChI=1S/C16H20N2O2S/c1-2-3-13-17-21(19,20)18-16-11-9-15(10-12-16)14-7-5-4-6-8-14/h4-12,17-18H,2-3,13H2,1H3. The number of unbranched alkanes of at least 4 members (excludes halogenated alkanes) is 1. The van der Waals surface area contributed by atoms with E-state index in [1.165, 1.54) is 0 Å². The van der Waals surface area contributed by atoms with Crippen LogP contribution >= 0.6 is 0 Å². The zero-order valence-corrected chi connectivity index (χ0v) is 12.9. The molecule has 5 heteroatoms. The minimum atomic E-state index is -3.48. The molecule has 0 aromatic heterocycles. The van der Waals surface area contributed by atoms with Gasteiger partial charge in [-0.15, -0.1) is 0 Å². The van der Waals surface area contributed by atoms with Crippen LogP contribution < -0.4 is 9.44 Å². The smallest absolute Gasteiger partial charge is 0.271 e. The zero-order chi connectivity index (χ0) is 15.1. The summed E-state index contributed by atoms with van der Waals surface area (Å²) in [5, 5.41) is 0. The van der Waals surface area contributed by atoms with Gasteiger partial charge in [-0.05, 0) is 29.7 Å².